The highest BCUT2D eigenvalue weighted by Gasteiger charge is 2.14. The molecular formula is C23H23N5O6S2. The third kappa shape index (κ3) is 5.49. The molecule has 1 aromatic heterocycles. The second kappa shape index (κ2) is 9.28. The van der Waals surface area contributed by atoms with E-state index in [9.17, 15) is 25.9 Å². The minimum absolute atomic E-state index is 0.229. The molecule has 0 aliphatic rings. The quantitative estimate of drug-likeness (QED) is 0.219. The van der Waals surface area contributed by atoms with Crippen molar-refractivity contribution in [1.29, 1.82) is 0 Å². The van der Waals surface area contributed by atoms with Crippen LogP contribution < -0.4 is 16.4 Å². The molecule has 188 valence electrons. The van der Waals surface area contributed by atoms with Crippen LogP contribution >= 0.6 is 0 Å². The number of rotatable bonds is 7. The number of benzene rings is 3. The van der Waals surface area contributed by atoms with E-state index in [1.807, 2.05) is 13.8 Å². The fourth-order valence-electron chi connectivity index (χ4n) is 3.45. The van der Waals surface area contributed by atoms with Gasteiger partial charge in [-0.25, -0.2) is 4.68 Å². The van der Waals surface area contributed by atoms with Crippen molar-refractivity contribution in [3.8, 4) is 5.69 Å². The van der Waals surface area contributed by atoms with Crippen molar-refractivity contribution in [2.45, 2.75) is 23.6 Å². The Hall–Kier alpha value is -3.91. The van der Waals surface area contributed by atoms with Crippen LogP contribution in [0.5, 0.6) is 0 Å². The Balaban J connectivity index is 1.72. The van der Waals surface area contributed by atoms with Gasteiger partial charge in [0.2, 0.25) is 0 Å². The molecule has 4 aromatic rings. The predicted molar refractivity (Wildman–Crippen MR) is 137 cm³/mol. The van der Waals surface area contributed by atoms with Crippen LogP contribution in [0.1, 0.15) is 11.3 Å². The first-order chi connectivity index (χ1) is 16.8. The van der Waals surface area contributed by atoms with Crippen molar-refractivity contribution < 1.29 is 25.9 Å². The fourth-order valence-corrected chi connectivity index (χ4v) is 4.41. The molecule has 6 N–H and O–H groups in total. The second-order valence-corrected chi connectivity index (χ2v) is 10.9. The van der Waals surface area contributed by atoms with Gasteiger partial charge in [-0.15, -0.1) is 0 Å². The molecule has 0 fully saturated rings. The van der Waals surface area contributed by atoms with Gasteiger partial charge in [0.1, 0.15) is 5.82 Å². The minimum atomic E-state index is -4.31. The summed E-state index contributed by atoms with van der Waals surface area (Å²) in [5, 5.41) is 10.9. The Morgan fingerprint density at radius 1 is 0.722 bits per heavy atom. The van der Waals surface area contributed by atoms with Crippen molar-refractivity contribution in [3.05, 3.63) is 78.0 Å². The average molecular weight is 530 g/mol. The lowest BCUT2D eigenvalue weighted by molar-refractivity contribution is 0.481. The maximum absolute atomic E-state index is 11.3. The summed E-state index contributed by atoms with van der Waals surface area (Å²) < 4.78 is 65.2. The Morgan fingerprint density at radius 2 is 1.14 bits per heavy atom. The molecule has 0 aliphatic heterocycles. The normalized spacial score (nSPS) is 11.9. The van der Waals surface area contributed by atoms with Gasteiger partial charge >= 0.3 is 0 Å². The minimum Gasteiger partial charge on any atom is -0.383 e. The Labute approximate surface area is 208 Å². The lowest BCUT2D eigenvalue weighted by Crippen LogP contribution is -2.05. The average Bonchev–Trinajstić information content (AvgIpc) is 3.06. The monoisotopic (exact) mass is 529 g/mol. The summed E-state index contributed by atoms with van der Waals surface area (Å²) in [7, 11) is -8.62. The lowest BCUT2D eigenvalue weighted by Gasteiger charge is -2.15. The molecule has 0 saturated carbocycles. The number of aryl methyl sites for hydroxylation is 1. The summed E-state index contributed by atoms with van der Waals surface area (Å²) in [4.78, 5) is -0.458. The highest BCUT2D eigenvalue weighted by atomic mass is 32.2. The number of nitrogens with one attached hydrogen (secondary N) is 2. The van der Waals surface area contributed by atoms with Crippen molar-refractivity contribution in [2.75, 3.05) is 16.4 Å². The standard InChI is InChI=1S/C23H23N5O6S2/c1-14-15(2)27-28(23(14)24)20-12-18(25-16-3-7-21(8-4-16)35(29,30)31)11-19(13-20)26-17-5-9-22(10-6-17)36(32,33)34/h3-13,25-26H,24H2,1-2H3,(H,29,30,31)(H,32,33,34). The molecule has 0 bridgehead atoms. The molecule has 36 heavy (non-hydrogen) atoms. The van der Waals surface area contributed by atoms with Gasteiger partial charge in [0.25, 0.3) is 20.2 Å². The summed E-state index contributed by atoms with van der Waals surface area (Å²) in [6.45, 7) is 3.71. The lowest BCUT2D eigenvalue weighted by atomic mass is 10.2. The fraction of sp³-hybridized carbons (Fsp3) is 0.0870. The van der Waals surface area contributed by atoms with Crippen LogP contribution in [-0.2, 0) is 20.2 Å². The zero-order chi connectivity index (χ0) is 26.3. The number of hydrogen-bond acceptors (Lipinski definition) is 8. The van der Waals surface area contributed by atoms with Crippen molar-refractivity contribution in [3.63, 3.8) is 0 Å². The van der Waals surface area contributed by atoms with E-state index < -0.39 is 20.2 Å². The molecule has 4 rings (SSSR count). The van der Waals surface area contributed by atoms with Gasteiger partial charge in [0.05, 0.1) is 21.2 Å². The van der Waals surface area contributed by atoms with Gasteiger partial charge in [-0.1, -0.05) is 0 Å². The topological polar surface area (TPSA) is 177 Å². The summed E-state index contributed by atoms with van der Waals surface area (Å²) in [6, 6.07) is 16.5. The Morgan fingerprint density at radius 3 is 1.47 bits per heavy atom. The van der Waals surface area contributed by atoms with Crippen molar-refractivity contribution in [2.24, 2.45) is 0 Å². The molecular weight excluding hydrogens is 506 g/mol. The first-order valence-electron chi connectivity index (χ1n) is 10.5. The van der Waals surface area contributed by atoms with E-state index in [0.717, 1.165) is 11.3 Å². The first kappa shape index (κ1) is 25.2. The van der Waals surface area contributed by atoms with Crippen LogP contribution in [0, 0.1) is 13.8 Å². The van der Waals surface area contributed by atoms with Crippen LogP contribution in [0.15, 0.2) is 76.5 Å². The molecule has 0 spiro atoms. The van der Waals surface area contributed by atoms with Gasteiger partial charge in [0.15, 0.2) is 0 Å². The highest BCUT2D eigenvalue weighted by Crippen LogP contribution is 2.30. The molecule has 13 heteroatoms. The van der Waals surface area contributed by atoms with E-state index in [1.165, 1.54) is 48.5 Å². The smallest absolute Gasteiger partial charge is 0.294 e. The molecule has 0 unspecified atom stereocenters. The molecule has 0 aliphatic carbocycles. The van der Waals surface area contributed by atoms with Gasteiger partial charge in [-0.2, -0.15) is 21.9 Å². The van der Waals surface area contributed by atoms with Crippen LogP contribution in [0.2, 0.25) is 0 Å². The number of nitrogens with zero attached hydrogens (tertiary/aromatic N) is 2. The highest BCUT2D eigenvalue weighted by molar-refractivity contribution is 7.86. The third-order valence-electron chi connectivity index (χ3n) is 5.45. The van der Waals surface area contributed by atoms with Crippen LogP contribution in [0.25, 0.3) is 5.69 Å². The summed E-state index contributed by atoms with van der Waals surface area (Å²) in [5.41, 5.74) is 10.8. The number of nitrogen functional groups attached to an aromatic ring is 1. The molecule has 0 saturated heterocycles. The SMILES string of the molecule is Cc1nn(-c2cc(Nc3ccc(S(=O)(=O)O)cc3)cc(Nc3ccc(S(=O)(=O)O)cc3)c2)c(N)c1C. The summed E-state index contributed by atoms with van der Waals surface area (Å²) in [5.74, 6) is 0.464. The van der Waals surface area contributed by atoms with E-state index in [2.05, 4.69) is 15.7 Å². The van der Waals surface area contributed by atoms with Crippen LogP contribution in [0.4, 0.5) is 28.6 Å². The largest absolute Gasteiger partial charge is 0.383 e. The summed E-state index contributed by atoms with van der Waals surface area (Å²) in [6.07, 6.45) is 0. The van der Waals surface area contributed by atoms with Gasteiger partial charge in [-0.05, 0) is 80.6 Å². The van der Waals surface area contributed by atoms with E-state index in [0.29, 0.717) is 34.3 Å². The molecule has 0 amide bonds. The molecule has 1 heterocycles. The molecule has 0 radical (unpaired) electrons. The van der Waals surface area contributed by atoms with E-state index in [1.54, 1.807) is 22.9 Å². The zero-order valence-corrected chi connectivity index (χ0v) is 20.8. The van der Waals surface area contributed by atoms with Gasteiger partial charge < -0.3 is 16.4 Å². The Bertz CT molecular complexity index is 1550. The van der Waals surface area contributed by atoms with Crippen LogP contribution in [-0.4, -0.2) is 35.7 Å². The van der Waals surface area contributed by atoms with Crippen LogP contribution in [0.3, 0.4) is 0 Å². The molecule has 3 aromatic carbocycles. The Kier molecular flexibility index (Phi) is 6.49. The van der Waals surface area contributed by atoms with Gasteiger partial charge in [-0.3, -0.25) is 9.11 Å². The maximum atomic E-state index is 11.3. The number of nitrogens with two attached hydrogens (primary N) is 1. The van der Waals surface area contributed by atoms with E-state index in [4.69, 9.17) is 5.73 Å². The molecule has 11 nitrogen and oxygen atoms in total. The number of aromatic nitrogens is 2. The molecule has 0 atom stereocenters. The number of anilines is 5. The zero-order valence-electron chi connectivity index (χ0n) is 19.2. The number of hydrogen-bond donors (Lipinski definition) is 5. The third-order valence-corrected chi connectivity index (χ3v) is 7.18. The second-order valence-electron chi connectivity index (χ2n) is 8.02. The van der Waals surface area contributed by atoms with Crippen molar-refractivity contribution in [1.82, 2.24) is 9.78 Å². The van der Waals surface area contributed by atoms with Gasteiger partial charge in [0, 0.05) is 28.3 Å². The van der Waals surface area contributed by atoms with E-state index in [-0.39, 0.29) is 9.79 Å². The van der Waals surface area contributed by atoms with E-state index >= 15 is 0 Å². The predicted octanol–water partition coefficient (Wildman–Crippen LogP) is 4.05. The summed E-state index contributed by atoms with van der Waals surface area (Å²) >= 11 is 0. The first-order valence-corrected chi connectivity index (χ1v) is 13.4. The maximum Gasteiger partial charge on any atom is 0.294 e. The van der Waals surface area contributed by atoms with Crippen molar-refractivity contribution >= 4 is 48.8 Å².